The lowest BCUT2D eigenvalue weighted by Gasteiger charge is -2.30. The Morgan fingerprint density at radius 2 is 2.11 bits per heavy atom. The number of carbonyl (C=O) groups is 1. The maximum atomic E-state index is 12.7. The Hall–Kier alpha value is -3.24. The third-order valence-corrected chi connectivity index (χ3v) is 5.22. The number of nitrogen functional groups attached to an aromatic ring is 1. The fraction of sp³-hybridized carbons (Fsp3) is 0.222. The number of nitrogens with zero attached hydrogens (tertiary/aromatic N) is 4. The summed E-state index contributed by atoms with van der Waals surface area (Å²) in [5.41, 5.74) is 7.49. The molecule has 0 bridgehead atoms. The Bertz CT molecular complexity index is 1060. The molecule has 0 saturated carbocycles. The molecule has 10 heteroatoms. The van der Waals surface area contributed by atoms with Crippen LogP contribution < -0.4 is 26.8 Å². The second-order valence-corrected chi connectivity index (χ2v) is 7.10. The summed E-state index contributed by atoms with van der Waals surface area (Å²) in [7, 11) is 0. The minimum absolute atomic E-state index is 0.235. The first-order chi connectivity index (χ1) is 13.6. The van der Waals surface area contributed by atoms with Crippen molar-refractivity contribution in [2.45, 2.75) is 0 Å². The monoisotopic (exact) mass is 397 g/mol. The maximum absolute atomic E-state index is 12.7. The highest BCUT2D eigenvalue weighted by atomic mass is 32.1. The number of nitrogens with one attached hydrogen (secondary N) is 2. The van der Waals surface area contributed by atoms with Crippen LogP contribution >= 0.6 is 11.3 Å². The van der Waals surface area contributed by atoms with E-state index in [1.807, 2.05) is 6.07 Å². The van der Waals surface area contributed by atoms with Crippen molar-refractivity contribution in [1.82, 2.24) is 19.9 Å². The molecule has 0 aliphatic carbocycles. The van der Waals surface area contributed by atoms with Gasteiger partial charge in [-0.25, -0.2) is 4.98 Å². The van der Waals surface area contributed by atoms with Crippen molar-refractivity contribution in [3.05, 3.63) is 58.2 Å². The number of nitrogens with two attached hydrogens (primary N) is 1. The number of anilines is 3. The summed E-state index contributed by atoms with van der Waals surface area (Å²) < 4.78 is 1.36. The molecule has 0 atom stereocenters. The smallest absolute Gasteiger partial charge is 0.275 e. The van der Waals surface area contributed by atoms with Gasteiger partial charge in [-0.3, -0.25) is 19.1 Å². The predicted octanol–water partition coefficient (Wildman–Crippen LogP) is 0.933. The van der Waals surface area contributed by atoms with Crippen molar-refractivity contribution in [1.29, 1.82) is 0 Å². The van der Waals surface area contributed by atoms with Gasteiger partial charge in [-0.05, 0) is 12.1 Å². The Kier molecular flexibility index (Phi) is 5.04. The highest BCUT2D eigenvalue weighted by Crippen LogP contribution is 2.25. The maximum Gasteiger partial charge on any atom is 0.275 e. The highest BCUT2D eigenvalue weighted by molar-refractivity contribution is 7.12. The standard InChI is InChI=1S/C18H19N7O2S/c19-12-2-6-25(16(26)9-12)18-23-14(11-28-18)17(27)22-13-10-21-3-1-15(13)24-7-4-20-5-8-24/h1-3,6,9-11,20H,4-5,7-8,19H2,(H,22,27). The first-order valence-corrected chi connectivity index (χ1v) is 9.65. The number of pyridine rings is 2. The minimum atomic E-state index is -0.352. The van der Waals surface area contributed by atoms with Crippen LogP contribution in [0.5, 0.6) is 0 Å². The summed E-state index contributed by atoms with van der Waals surface area (Å²) in [5, 5.41) is 8.22. The first kappa shape index (κ1) is 18.1. The van der Waals surface area contributed by atoms with E-state index < -0.39 is 0 Å². The summed E-state index contributed by atoms with van der Waals surface area (Å²) in [4.78, 5) is 35.4. The zero-order valence-electron chi connectivity index (χ0n) is 15.0. The molecule has 144 valence electrons. The number of hydrogen-bond donors (Lipinski definition) is 3. The molecule has 9 nitrogen and oxygen atoms in total. The van der Waals surface area contributed by atoms with Gasteiger partial charge in [0.25, 0.3) is 11.5 Å². The molecule has 1 aliphatic heterocycles. The van der Waals surface area contributed by atoms with Crippen LogP contribution in [0.2, 0.25) is 0 Å². The van der Waals surface area contributed by atoms with Gasteiger partial charge in [0.1, 0.15) is 5.69 Å². The van der Waals surface area contributed by atoms with Gasteiger partial charge >= 0.3 is 0 Å². The average molecular weight is 397 g/mol. The zero-order chi connectivity index (χ0) is 19.5. The summed E-state index contributed by atoms with van der Waals surface area (Å²) in [6.45, 7) is 3.49. The molecule has 1 saturated heterocycles. The van der Waals surface area contributed by atoms with Crippen LogP contribution in [-0.2, 0) is 0 Å². The molecule has 4 heterocycles. The number of aromatic nitrogens is 3. The molecule has 0 unspecified atom stereocenters. The number of thiazole rings is 1. The lowest BCUT2D eigenvalue weighted by molar-refractivity contribution is 0.102. The van der Waals surface area contributed by atoms with E-state index in [0.29, 0.717) is 16.5 Å². The molecule has 28 heavy (non-hydrogen) atoms. The molecule has 0 aromatic carbocycles. The third-order valence-electron chi connectivity index (χ3n) is 4.38. The number of piperazine rings is 1. The van der Waals surface area contributed by atoms with Crippen LogP contribution in [0.4, 0.5) is 17.1 Å². The first-order valence-electron chi connectivity index (χ1n) is 8.77. The summed E-state index contributed by atoms with van der Waals surface area (Å²) >= 11 is 1.21. The van der Waals surface area contributed by atoms with E-state index in [2.05, 4.69) is 25.5 Å². The van der Waals surface area contributed by atoms with Crippen molar-refractivity contribution in [2.24, 2.45) is 0 Å². The largest absolute Gasteiger partial charge is 0.399 e. The average Bonchev–Trinajstić information content (AvgIpc) is 3.19. The number of amides is 1. The van der Waals surface area contributed by atoms with Crippen molar-refractivity contribution >= 4 is 34.3 Å². The van der Waals surface area contributed by atoms with Gasteiger partial charge in [-0.1, -0.05) is 0 Å². The van der Waals surface area contributed by atoms with E-state index in [4.69, 9.17) is 5.73 Å². The fourth-order valence-electron chi connectivity index (χ4n) is 2.98. The van der Waals surface area contributed by atoms with Gasteiger partial charge in [-0.2, -0.15) is 0 Å². The lowest BCUT2D eigenvalue weighted by atomic mass is 10.2. The van der Waals surface area contributed by atoms with Crippen molar-refractivity contribution in [3.8, 4) is 5.13 Å². The van der Waals surface area contributed by atoms with Gasteiger partial charge < -0.3 is 21.3 Å². The van der Waals surface area contributed by atoms with Crippen LogP contribution in [0.25, 0.3) is 5.13 Å². The van der Waals surface area contributed by atoms with Gasteiger partial charge in [0.05, 0.1) is 17.6 Å². The van der Waals surface area contributed by atoms with Crippen molar-refractivity contribution in [3.63, 3.8) is 0 Å². The van der Waals surface area contributed by atoms with Crippen LogP contribution in [0.15, 0.2) is 47.0 Å². The second kappa shape index (κ2) is 7.79. The Morgan fingerprint density at radius 3 is 2.89 bits per heavy atom. The van der Waals surface area contributed by atoms with E-state index in [9.17, 15) is 9.59 Å². The van der Waals surface area contributed by atoms with Crippen molar-refractivity contribution < 1.29 is 4.79 Å². The number of rotatable bonds is 4. The van der Waals surface area contributed by atoms with E-state index in [1.165, 1.54) is 22.0 Å². The summed E-state index contributed by atoms with van der Waals surface area (Å²) in [6, 6.07) is 4.82. The minimum Gasteiger partial charge on any atom is -0.399 e. The normalized spacial score (nSPS) is 14.1. The zero-order valence-corrected chi connectivity index (χ0v) is 15.8. The molecular formula is C18H19N7O2S. The third kappa shape index (κ3) is 3.73. The highest BCUT2D eigenvalue weighted by Gasteiger charge is 2.18. The number of carbonyl (C=O) groups excluding carboxylic acids is 1. The Morgan fingerprint density at radius 1 is 1.29 bits per heavy atom. The van der Waals surface area contributed by atoms with Crippen LogP contribution in [0.3, 0.4) is 0 Å². The topological polar surface area (TPSA) is 118 Å². The Labute approximate surface area is 164 Å². The Balaban J connectivity index is 1.55. The molecule has 3 aromatic rings. The van der Waals surface area contributed by atoms with E-state index in [-0.39, 0.29) is 17.2 Å². The molecule has 4 rings (SSSR count). The van der Waals surface area contributed by atoms with Gasteiger partial charge in [-0.15, -0.1) is 11.3 Å². The second-order valence-electron chi connectivity index (χ2n) is 6.27. The molecule has 0 radical (unpaired) electrons. The summed E-state index contributed by atoms with van der Waals surface area (Å²) in [5.74, 6) is -0.352. The van der Waals surface area contributed by atoms with Crippen LogP contribution in [0.1, 0.15) is 10.5 Å². The van der Waals surface area contributed by atoms with Crippen LogP contribution in [0, 0.1) is 0 Å². The SMILES string of the molecule is Nc1ccn(-c2nc(C(=O)Nc3cnccc3N3CCNCC3)cs2)c(=O)c1. The quantitative estimate of drug-likeness (QED) is 0.599. The summed E-state index contributed by atoms with van der Waals surface area (Å²) in [6.07, 6.45) is 4.89. The molecule has 4 N–H and O–H groups in total. The van der Waals surface area contributed by atoms with Crippen molar-refractivity contribution in [2.75, 3.05) is 42.1 Å². The predicted molar refractivity (Wildman–Crippen MR) is 109 cm³/mol. The molecule has 0 spiro atoms. The fourth-order valence-corrected chi connectivity index (χ4v) is 3.78. The molecule has 1 aliphatic rings. The van der Waals surface area contributed by atoms with E-state index >= 15 is 0 Å². The molecular weight excluding hydrogens is 378 g/mol. The van der Waals surface area contributed by atoms with E-state index in [1.54, 1.807) is 30.0 Å². The van der Waals surface area contributed by atoms with E-state index in [0.717, 1.165) is 31.9 Å². The van der Waals surface area contributed by atoms with Gasteiger partial charge in [0.15, 0.2) is 5.13 Å². The number of hydrogen-bond acceptors (Lipinski definition) is 8. The van der Waals surface area contributed by atoms with Gasteiger partial charge in [0, 0.05) is 55.7 Å². The molecule has 1 amide bonds. The lowest BCUT2D eigenvalue weighted by Crippen LogP contribution is -2.43. The molecule has 3 aromatic heterocycles. The molecule has 1 fully saturated rings. The van der Waals surface area contributed by atoms with Gasteiger partial charge in [0.2, 0.25) is 0 Å². The van der Waals surface area contributed by atoms with Crippen LogP contribution in [-0.4, -0.2) is 46.6 Å².